The van der Waals surface area contributed by atoms with E-state index in [2.05, 4.69) is 34.7 Å². The fraction of sp³-hybridized carbons (Fsp3) is 0.474. The third kappa shape index (κ3) is 5.69. The van der Waals surface area contributed by atoms with Gasteiger partial charge < -0.3 is 15.7 Å². The van der Waals surface area contributed by atoms with Crippen LogP contribution in [0.3, 0.4) is 0 Å². The van der Waals surface area contributed by atoms with Crippen molar-refractivity contribution in [3.8, 4) is 0 Å². The molecule has 1 heterocycles. The lowest BCUT2D eigenvalue weighted by Crippen LogP contribution is -2.55. The molecule has 25 heavy (non-hydrogen) atoms. The Balaban J connectivity index is 1.92. The van der Waals surface area contributed by atoms with Crippen molar-refractivity contribution >= 4 is 11.9 Å². The van der Waals surface area contributed by atoms with Gasteiger partial charge in [0, 0.05) is 19.5 Å². The van der Waals surface area contributed by atoms with Crippen LogP contribution < -0.4 is 16.0 Å². The molecule has 0 radical (unpaired) electrons. The van der Waals surface area contributed by atoms with Crippen LogP contribution >= 0.6 is 0 Å². The Hall–Kier alpha value is -2.18. The molecule has 1 fully saturated rings. The van der Waals surface area contributed by atoms with Gasteiger partial charge >= 0.3 is 5.97 Å². The molecule has 2 rings (SSSR count). The maximum Gasteiger partial charge on any atom is 0.320 e. The average Bonchev–Trinajstić information content (AvgIpc) is 3.03. The van der Waals surface area contributed by atoms with E-state index in [1.807, 2.05) is 18.2 Å². The highest BCUT2D eigenvalue weighted by Gasteiger charge is 2.40. The Kier molecular flexibility index (Phi) is 7.16. The number of carboxylic acid groups (broad SMARTS) is 1. The van der Waals surface area contributed by atoms with Crippen LogP contribution in [0.25, 0.3) is 0 Å². The van der Waals surface area contributed by atoms with Crippen LogP contribution in [-0.4, -0.2) is 48.2 Å². The molecule has 1 unspecified atom stereocenters. The third-order valence-electron chi connectivity index (χ3n) is 4.58. The SMILES string of the molecule is C=C[C@@H]1C[C@H](C(=O)O)NC1[C@H](CNCCc1ccccc1)NC(C)=O. The number of benzene rings is 1. The standard InChI is InChI=1S/C19H27N3O3/c1-3-15-11-16(19(24)25)22-18(15)17(21-13(2)23)12-20-10-9-14-7-5-4-6-8-14/h3-8,15-18,20,22H,1,9-12H2,2H3,(H,21,23)(H,24,25)/t15-,16-,17+,18?/m1/s1. The van der Waals surface area contributed by atoms with E-state index in [0.717, 1.165) is 13.0 Å². The van der Waals surface area contributed by atoms with E-state index < -0.39 is 12.0 Å². The van der Waals surface area contributed by atoms with Gasteiger partial charge in [0.1, 0.15) is 6.04 Å². The number of amides is 1. The number of aliphatic carboxylic acids is 1. The summed E-state index contributed by atoms with van der Waals surface area (Å²) in [5.74, 6) is -0.986. The second-order valence-corrected chi connectivity index (χ2v) is 6.47. The Morgan fingerprint density at radius 2 is 2.12 bits per heavy atom. The lowest BCUT2D eigenvalue weighted by molar-refractivity contribution is -0.139. The zero-order valence-electron chi connectivity index (χ0n) is 14.6. The van der Waals surface area contributed by atoms with E-state index in [9.17, 15) is 14.7 Å². The molecular formula is C19H27N3O3. The van der Waals surface area contributed by atoms with E-state index in [-0.39, 0.29) is 23.9 Å². The van der Waals surface area contributed by atoms with E-state index >= 15 is 0 Å². The van der Waals surface area contributed by atoms with Gasteiger partial charge in [-0.05, 0) is 30.9 Å². The van der Waals surface area contributed by atoms with Crippen molar-refractivity contribution < 1.29 is 14.7 Å². The minimum absolute atomic E-state index is 0.00822. The lowest BCUT2D eigenvalue weighted by atomic mass is 9.93. The topological polar surface area (TPSA) is 90.5 Å². The van der Waals surface area contributed by atoms with Crippen LogP contribution in [0.2, 0.25) is 0 Å². The van der Waals surface area contributed by atoms with Crippen molar-refractivity contribution in [1.29, 1.82) is 0 Å². The predicted molar refractivity (Wildman–Crippen MR) is 97.3 cm³/mol. The quantitative estimate of drug-likeness (QED) is 0.395. The number of carbonyl (C=O) groups excluding carboxylic acids is 1. The molecule has 6 nitrogen and oxygen atoms in total. The molecule has 1 amide bonds. The normalized spacial score (nSPS) is 23.8. The minimum Gasteiger partial charge on any atom is -0.480 e. The first-order valence-electron chi connectivity index (χ1n) is 8.64. The Morgan fingerprint density at radius 1 is 1.40 bits per heavy atom. The molecule has 136 valence electrons. The van der Waals surface area contributed by atoms with E-state index in [1.54, 1.807) is 6.08 Å². The van der Waals surface area contributed by atoms with Gasteiger partial charge in [0.25, 0.3) is 0 Å². The van der Waals surface area contributed by atoms with Crippen LogP contribution in [0, 0.1) is 5.92 Å². The Morgan fingerprint density at radius 3 is 2.72 bits per heavy atom. The van der Waals surface area contributed by atoms with Gasteiger partial charge in [-0.15, -0.1) is 6.58 Å². The molecule has 1 aliphatic rings. The summed E-state index contributed by atoms with van der Waals surface area (Å²) >= 11 is 0. The summed E-state index contributed by atoms with van der Waals surface area (Å²) in [7, 11) is 0. The fourth-order valence-electron chi connectivity index (χ4n) is 3.34. The van der Waals surface area contributed by atoms with Crippen molar-refractivity contribution in [2.24, 2.45) is 5.92 Å². The zero-order chi connectivity index (χ0) is 18.2. The highest BCUT2D eigenvalue weighted by atomic mass is 16.4. The number of carboxylic acids is 1. The highest BCUT2D eigenvalue weighted by Crippen LogP contribution is 2.24. The zero-order valence-corrected chi connectivity index (χ0v) is 14.6. The van der Waals surface area contributed by atoms with Gasteiger partial charge in [-0.2, -0.15) is 0 Å². The molecule has 1 saturated heterocycles. The van der Waals surface area contributed by atoms with Crippen molar-refractivity contribution in [2.75, 3.05) is 13.1 Å². The van der Waals surface area contributed by atoms with Crippen molar-refractivity contribution in [2.45, 2.75) is 37.9 Å². The monoisotopic (exact) mass is 345 g/mol. The van der Waals surface area contributed by atoms with Crippen LogP contribution in [0.5, 0.6) is 0 Å². The third-order valence-corrected chi connectivity index (χ3v) is 4.58. The number of hydrogen-bond donors (Lipinski definition) is 4. The molecular weight excluding hydrogens is 318 g/mol. The number of hydrogen-bond acceptors (Lipinski definition) is 4. The largest absolute Gasteiger partial charge is 0.480 e. The molecule has 4 N–H and O–H groups in total. The highest BCUT2D eigenvalue weighted by molar-refractivity contribution is 5.75. The van der Waals surface area contributed by atoms with Gasteiger partial charge in [0.2, 0.25) is 5.91 Å². The molecule has 0 saturated carbocycles. The maximum absolute atomic E-state index is 11.6. The smallest absolute Gasteiger partial charge is 0.320 e. The number of rotatable bonds is 9. The minimum atomic E-state index is -0.868. The first-order valence-corrected chi connectivity index (χ1v) is 8.64. The van der Waals surface area contributed by atoms with E-state index in [1.165, 1.54) is 12.5 Å². The molecule has 1 aliphatic heterocycles. The van der Waals surface area contributed by atoms with Gasteiger partial charge in [0.05, 0.1) is 6.04 Å². The molecule has 1 aromatic rings. The molecule has 6 heteroatoms. The average molecular weight is 345 g/mol. The fourth-order valence-corrected chi connectivity index (χ4v) is 3.34. The summed E-state index contributed by atoms with van der Waals surface area (Å²) in [5.41, 5.74) is 1.25. The Labute approximate surface area is 148 Å². The summed E-state index contributed by atoms with van der Waals surface area (Å²) < 4.78 is 0. The molecule has 0 spiro atoms. The second kappa shape index (κ2) is 9.34. The summed E-state index contributed by atoms with van der Waals surface area (Å²) in [6.45, 7) is 6.65. The number of nitrogens with one attached hydrogen (secondary N) is 3. The van der Waals surface area contributed by atoms with E-state index in [4.69, 9.17) is 0 Å². The van der Waals surface area contributed by atoms with Crippen LogP contribution in [-0.2, 0) is 16.0 Å². The van der Waals surface area contributed by atoms with Gasteiger partial charge in [-0.3, -0.25) is 14.9 Å². The predicted octanol–water partition coefficient (Wildman–Crippen LogP) is 0.941. The summed E-state index contributed by atoms with van der Waals surface area (Å²) in [6.07, 6.45) is 3.16. The van der Waals surface area contributed by atoms with Crippen molar-refractivity contribution in [3.63, 3.8) is 0 Å². The summed E-state index contributed by atoms with van der Waals surface area (Å²) in [4.78, 5) is 22.8. The van der Waals surface area contributed by atoms with Crippen LogP contribution in [0.4, 0.5) is 0 Å². The second-order valence-electron chi connectivity index (χ2n) is 6.47. The Bertz CT molecular complexity index is 591. The first-order chi connectivity index (χ1) is 12.0. The molecule has 0 bridgehead atoms. The first kappa shape index (κ1) is 19.1. The van der Waals surface area contributed by atoms with E-state index in [0.29, 0.717) is 13.0 Å². The lowest BCUT2D eigenvalue weighted by Gasteiger charge is -2.28. The van der Waals surface area contributed by atoms with Gasteiger partial charge in [-0.25, -0.2) is 0 Å². The summed E-state index contributed by atoms with van der Waals surface area (Å²) in [5, 5.41) is 18.7. The van der Waals surface area contributed by atoms with Gasteiger partial charge in [-0.1, -0.05) is 36.4 Å². The van der Waals surface area contributed by atoms with Crippen molar-refractivity contribution in [3.05, 3.63) is 48.6 Å². The van der Waals surface area contributed by atoms with Gasteiger partial charge in [0.15, 0.2) is 0 Å². The molecule has 1 aromatic carbocycles. The maximum atomic E-state index is 11.6. The molecule has 4 atom stereocenters. The summed E-state index contributed by atoms with van der Waals surface area (Å²) in [6, 6.07) is 9.23. The van der Waals surface area contributed by atoms with Crippen LogP contribution in [0.15, 0.2) is 43.0 Å². The van der Waals surface area contributed by atoms with Crippen LogP contribution in [0.1, 0.15) is 18.9 Å². The molecule has 0 aromatic heterocycles. The molecule has 0 aliphatic carbocycles. The van der Waals surface area contributed by atoms with Crippen molar-refractivity contribution in [1.82, 2.24) is 16.0 Å². The number of carbonyl (C=O) groups is 2.